The quantitative estimate of drug-likeness (QED) is 0.552. The van der Waals surface area contributed by atoms with Gasteiger partial charge in [-0.3, -0.25) is 4.98 Å². The van der Waals surface area contributed by atoms with E-state index in [1.165, 1.54) is 0 Å². The predicted molar refractivity (Wildman–Crippen MR) is 55.7 cm³/mol. The van der Waals surface area contributed by atoms with Crippen LogP contribution >= 0.6 is 22.2 Å². The lowest BCUT2D eigenvalue weighted by atomic mass is 10.4. The summed E-state index contributed by atoms with van der Waals surface area (Å²) in [6.45, 7) is 0. The Morgan fingerprint density at radius 3 is 2.58 bits per heavy atom. The molecule has 0 saturated heterocycles. The molecule has 0 aliphatic rings. The molecule has 12 heavy (non-hydrogen) atoms. The van der Waals surface area contributed by atoms with Crippen LogP contribution in [0.4, 0.5) is 5.69 Å². The van der Waals surface area contributed by atoms with Crippen molar-refractivity contribution in [3.63, 3.8) is 0 Å². The molecule has 0 aliphatic heterocycles. The average Bonchev–Trinajstić information content (AvgIpc) is 2.04. The van der Waals surface area contributed by atoms with E-state index in [4.69, 9.17) is 22.2 Å². The number of hydrogen-bond acceptors (Lipinski definition) is 2. The Hall–Kier alpha value is -0.253. The summed E-state index contributed by atoms with van der Waals surface area (Å²) in [5.74, 6) is 0. The van der Waals surface area contributed by atoms with Gasteiger partial charge in [0.05, 0.1) is 5.32 Å². The molecule has 0 saturated carbocycles. The maximum Gasteiger partial charge on any atom is 0.326 e. The van der Waals surface area contributed by atoms with Gasteiger partial charge in [-0.1, -0.05) is 0 Å². The fourth-order valence-electron chi connectivity index (χ4n) is 0.801. The van der Waals surface area contributed by atoms with Gasteiger partial charge in [-0.25, -0.2) is 0 Å². The zero-order valence-corrected chi connectivity index (χ0v) is 9.39. The van der Waals surface area contributed by atoms with Crippen molar-refractivity contribution in [1.82, 2.24) is 4.98 Å². The van der Waals surface area contributed by atoms with Crippen LogP contribution in [0, 0.1) is 0 Å². The average molecular weight is 220 g/mol. The molecule has 1 rings (SSSR count). The Morgan fingerprint density at radius 2 is 2.08 bits per heavy atom. The van der Waals surface area contributed by atoms with E-state index < -0.39 is 7.42 Å². The third-order valence-electron chi connectivity index (χ3n) is 1.45. The lowest BCUT2D eigenvalue weighted by molar-refractivity contribution is 1.13. The summed E-state index contributed by atoms with van der Waals surface area (Å²) in [6.07, 6.45) is 1.72. The van der Waals surface area contributed by atoms with E-state index >= 15 is 0 Å². The first kappa shape index (κ1) is 9.83. The minimum Gasteiger partial charge on any atom is -0.378 e. The molecule has 0 N–H and O–H groups in total. The maximum absolute atomic E-state index is 5.77. The highest BCUT2D eigenvalue weighted by Crippen LogP contribution is 2.07. The van der Waals surface area contributed by atoms with E-state index in [0.717, 1.165) is 11.0 Å². The van der Waals surface area contributed by atoms with Crippen LogP contribution in [-0.2, 0) is 0 Å². The van der Waals surface area contributed by atoms with E-state index in [-0.39, 0.29) is 0 Å². The summed E-state index contributed by atoms with van der Waals surface area (Å²) in [5, 5.41) is 0.787. The summed E-state index contributed by atoms with van der Waals surface area (Å²) >= 11 is 11.5. The van der Waals surface area contributed by atoms with Gasteiger partial charge in [0.25, 0.3) is 0 Å². The van der Waals surface area contributed by atoms with Crippen LogP contribution in [0.15, 0.2) is 18.3 Å². The van der Waals surface area contributed by atoms with Crippen molar-refractivity contribution >= 4 is 40.6 Å². The summed E-state index contributed by atoms with van der Waals surface area (Å²) < 4.78 is 0. The zero-order valence-electron chi connectivity index (χ0n) is 6.88. The number of hydrogen-bond donors (Lipinski definition) is 0. The van der Waals surface area contributed by atoms with Crippen molar-refractivity contribution in [2.75, 3.05) is 19.0 Å². The smallest absolute Gasteiger partial charge is 0.326 e. The third kappa shape index (κ3) is 2.37. The fraction of sp³-hybridized carbons (Fsp3) is 0.286. The molecule has 2 nitrogen and oxygen atoms in total. The van der Waals surface area contributed by atoms with Gasteiger partial charge >= 0.3 is 7.42 Å². The normalized spacial score (nSPS) is 10.4. The summed E-state index contributed by atoms with van der Waals surface area (Å²) in [4.78, 5) is 6.07. The van der Waals surface area contributed by atoms with Gasteiger partial charge in [0.2, 0.25) is 0 Å². The summed E-state index contributed by atoms with van der Waals surface area (Å²) in [7, 11) is 2.47. The largest absolute Gasteiger partial charge is 0.378 e. The first-order valence-corrected chi connectivity index (χ1v) is 6.95. The Morgan fingerprint density at radius 1 is 1.42 bits per heavy atom. The molecule has 1 radical (unpaired) electrons. The molecule has 1 heterocycles. The SMILES string of the molecule is CN(C)c1ccnc([Si](Cl)Cl)c1. The van der Waals surface area contributed by atoms with Crippen molar-refractivity contribution in [2.24, 2.45) is 0 Å². The van der Waals surface area contributed by atoms with E-state index in [2.05, 4.69) is 4.98 Å². The van der Waals surface area contributed by atoms with E-state index in [0.29, 0.717) is 0 Å². The highest BCUT2D eigenvalue weighted by molar-refractivity contribution is 7.39. The molecule has 1 aromatic rings. The molecule has 65 valence electrons. The first-order chi connectivity index (χ1) is 5.61. The Kier molecular flexibility index (Phi) is 3.37. The Bertz CT molecular complexity index is 242. The second-order valence-corrected chi connectivity index (χ2v) is 6.44. The minimum atomic E-state index is -1.46. The summed E-state index contributed by atoms with van der Waals surface area (Å²) in [6, 6.07) is 3.83. The molecule has 0 fully saturated rings. The number of aromatic nitrogens is 1. The molecule has 0 spiro atoms. The van der Waals surface area contributed by atoms with Gasteiger partial charge in [0.15, 0.2) is 0 Å². The number of anilines is 1. The van der Waals surface area contributed by atoms with Gasteiger partial charge < -0.3 is 4.90 Å². The Balaban J connectivity index is 2.96. The first-order valence-electron chi connectivity index (χ1n) is 3.43. The number of rotatable bonds is 2. The van der Waals surface area contributed by atoms with E-state index in [1.807, 2.05) is 31.1 Å². The van der Waals surface area contributed by atoms with Crippen LogP contribution in [0.1, 0.15) is 0 Å². The second-order valence-electron chi connectivity index (χ2n) is 2.55. The second kappa shape index (κ2) is 4.12. The van der Waals surface area contributed by atoms with Crippen LogP contribution in [0.2, 0.25) is 0 Å². The minimum absolute atomic E-state index is 0.787. The fourth-order valence-corrected chi connectivity index (χ4v) is 1.85. The lowest BCUT2D eigenvalue weighted by Crippen LogP contribution is -2.23. The molecule has 0 unspecified atom stereocenters. The molecular formula is C7H9Cl2N2Si. The third-order valence-corrected chi connectivity index (χ3v) is 3.28. The molecule has 5 heteroatoms. The highest BCUT2D eigenvalue weighted by Gasteiger charge is 2.09. The van der Waals surface area contributed by atoms with Crippen molar-refractivity contribution in [1.29, 1.82) is 0 Å². The van der Waals surface area contributed by atoms with Crippen molar-refractivity contribution in [3.8, 4) is 0 Å². The molecule has 0 amide bonds. The number of nitrogens with zero attached hydrogens (tertiary/aromatic N) is 2. The highest BCUT2D eigenvalue weighted by atomic mass is 35.7. The molecule has 0 aliphatic carbocycles. The molecular weight excluding hydrogens is 211 g/mol. The van der Waals surface area contributed by atoms with Gasteiger partial charge in [-0.05, 0) is 12.1 Å². The lowest BCUT2D eigenvalue weighted by Gasteiger charge is -2.12. The maximum atomic E-state index is 5.77. The monoisotopic (exact) mass is 219 g/mol. The van der Waals surface area contributed by atoms with Crippen molar-refractivity contribution in [3.05, 3.63) is 18.3 Å². The number of halogens is 2. The summed E-state index contributed by atoms with van der Waals surface area (Å²) in [5.41, 5.74) is 1.07. The zero-order chi connectivity index (χ0) is 9.14. The standard InChI is InChI=1S/C7H9Cl2N2Si/c1-11(2)6-3-4-10-7(5-6)12(8)9/h3-5H,1-2H3. The van der Waals surface area contributed by atoms with Gasteiger partial charge in [0.1, 0.15) is 0 Å². The van der Waals surface area contributed by atoms with Gasteiger partial charge in [-0.15, -0.1) is 22.2 Å². The predicted octanol–water partition coefficient (Wildman–Crippen LogP) is 1.32. The number of pyridine rings is 1. The Labute approximate surface area is 83.1 Å². The topological polar surface area (TPSA) is 16.1 Å². The van der Waals surface area contributed by atoms with E-state index in [9.17, 15) is 0 Å². The van der Waals surface area contributed by atoms with Crippen molar-refractivity contribution in [2.45, 2.75) is 0 Å². The van der Waals surface area contributed by atoms with E-state index in [1.54, 1.807) is 6.20 Å². The molecule has 0 aromatic carbocycles. The van der Waals surface area contributed by atoms with Crippen LogP contribution in [0.25, 0.3) is 0 Å². The van der Waals surface area contributed by atoms with Crippen LogP contribution < -0.4 is 10.2 Å². The molecule has 1 aromatic heterocycles. The van der Waals surface area contributed by atoms with Crippen molar-refractivity contribution < 1.29 is 0 Å². The van der Waals surface area contributed by atoms with Crippen LogP contribution in [-0.4, -0.2) is 26.5 Å². The van der Waals surface area contributed by atoms with Gasteiger partial charge in [0, 0.05) is 26.0 Å². The molecule has 0 bridgehead atoms. The van der Waals surface area contributed by atoms with Gasteiger partial charge in [-0.2, -0.15) is 0 Å². The molecule has 0 atom stereocenters. The van der Waals surface area contributed by atoms with Crippen LogP contribution in [0.5, 0.6) is 0 Å². The van der Waals surface area contributed by atoms with Crippen LogP contribution in [0.3, 0.4) is 0 Å².